The summed E-state index contributed by atoms with van der Waals surface area (Å²) in [6.07, 6.45) is 0. The van der Waals surface area contributed by atoms with Gasteiger partial charge in [-0.15, -0.1) is 0 Å². The molecule has 0 unspecified atom stereocenters. The first-order chi connectivity index (χ1) is 3.18. The molecule has 8 heavy (non-hydrogen) atoms. The minimum atomic E-state index is -0.153. The molecule has 0 saturated heterocycles. The Kier molecular flexibility index (Phi) is 7.91. The van der Waals surface area contributed by atoms with E-state index in [2.05, 4.69) is 4.74 Å². The SMILES string of the molecule is COC(=O)C(C)C.[H-].[Na+]. The molecular weight excluding hydrogens is 115 g/mol. The van der Waals surface area contributed by atoms with Crippen molar-refractivity contribution >= 4 is 5.97 Å². The summed E-state index contributed by atoms with van der Waals surface area (Å²) < 4.78 is 4.37. The Bertz CT molecular complexity index is 75.4. The van der Waals surface area contributed by atoms with Crippen molar-refractivity contribution in [2.45, 2.75) is 13.8 Å². The molecule has 3 heteroatoms. The molecule has 0 amide bonds. The van der Waals surface area contributed by atoms with E-state index in [1.54, 1.807) is 13.8 Å². The van der Waals surface area contributed by atoms with Gasteiger partial charge in [-0.2, -0.15) is 0 Å². The minimum Gasteiger partial charge on any atom is -1.00 e. The van der Waals surface area contributed by atoms with Crippen LogP contribution in [0.3, 0.4) is 0 Å². The van der Waals surface area contributed by atoms with Gasteiger partial charge in [0.25, 0.3) is 0 Å². The van der Waals surface area contributed by atoms with Gasteiger partial charge in [0.1, 0.15) is 0 Å². The molecule has 0 aliphatic carbocycles. The first kappa shape index (κ1) is 11.3. The minimum absolute atomic E-state index is 0. The van der Waals surface area contributed by atoms with Crippen LogP contribution >= 0.6 is 0 Å². The van der Waals surface area contributed by atoms with Gasteiger partial charge in [-0.1, -0.05) is 13.8 Å². The number of carbonyl (C=O) groups excluding carboxylic acids is 1. The number of esters is 1. The summed E-state index contributed by atoms with van der Waals surface area (Å²) in [5.41, 5.74) is 0. The molecule has 2 nitrogen and oxygen atoms in total. The fourth-order valence-corrected chi connectivity index (χ4v) is 0.236. The zero-order valence-electron chi connectivity index (χ0n) is 6.89. The molecule has 0 bridgehead atoms. The van der Waals surface area contributed by atoms with Gasteiger partial charge in [0, 0.05) is 0 Å². The van der Waals surface area contributed by atoms with E-state index in [4.69, 9.17) is 0 Å². The predicted molar refractivity (Wildman–Crippen MR) is 28.0 cm³/mol. The quantitative estimate of drug-likeness (QED) is 0.298. The first-order valence-corrected chi connectivity index (χ1v) is 2.26. The van der Waals surface area contributed by atoms with Crippen molar-refractivity contribution in [2.75, 3.05) is 7.11 Å². The molecule has 0 aliphatic rings. The Morgan fingerprint density at radius 2 is 2.00 bits per heavy atom. The van der Waals surface area contributed by atoms with E-state index in [9.17, 15) is 4.79 Å². The van der Waals surface area contributed by atoms with Crippen molar-refractivity contribution in [3.8, 4) is 0 Å². The molecule has 0 aromatic heterocycles. The van der Waals surface area contributed by atoms with Crippen LogP contribution in [0.5, 0.6) is 0 Å². The fraction of sp³-hybridized carbons (Fsp3) is 0.800. The molecule has 0 atom stereocenters. The molecule has 0 N–H and O–H groups in total. The van der Waals surface area contributed by atoms with E-state index in [1.165, 1.54) is 7.11 Å². The summed E-state index contributed by atoms with van der Waals surface area (Å²) in [5.74, 6) is -0.148. The number of hydrogen-bond donors (Lipinski definition) is 0. The standard InChI is InChI=1S/C5H10O2.Na.H/c1-4(2)5(6)7-3;;/h4H,1-3H3;;/q;+1;-1. The second-order valence-electron chi connectivity index (χ2n) is 1.68. The summed E-state index contributed by atoms with van der Waals surface area (Å²) in [7, 11) is 1.39. The van der Waals surface area contributed by atoms with Crippen molar-refractivity contribution in [2.24, 2.45) is 5.92 Å². The fourth-order valence-electron chi connectivity index (χ4n) is 0.236. The molecule has 44 valence electrons. The number of rotatable bonds is 1. The van der Waals surface area contributed by atoms with Gasteiger partial charge < -0.3 is 6.16 Å². The third kappa shape index (κ3) is 4.62. The topological polar surface area (TPSA) is 26.3 Å². The third-order valence-corrected chi connectivity index (χ3v) is 0.673. The van der Waals surface area contributed by atoms with Crippen molar-refractivity contribution in [1.29, 1.82) is 0 Å². The Morgan fingerprint density at radius 3 is 2.00 bits per heavy atom. The van der Waals surface area contributed by atoms with Gasteiger partial charge in [-0.25, -0.2) is 0 Å². The van der Waals surface area contributed by atoms with Crippen molar-refractivity contribution in [3.05, 3.63) is 0 Å². The summed E-state index contributed by atoms with van der Waals surface area (Å²) in [4.78, 5) is 10.3. The molecule has 0 rings (SSSR count). The molecule has 0 spiro atoms. The van der Waals surface area contributed by atoms with Crippen LogP contribution < -0.4 is 29.6 Å². The van der Waals surface area contributed by atoms with E-state index in [1.807, 2.05) is 0 Å². The number of hydrogen-bond acceptors (Lipinski definition) is 2. The Balaban J connectivity index is -0.000000180. The smallest absolute Gasteiger partial charge is 1.00 e. The first-order valence-electron chi connectivity index (χ1n) is 2.26. The van der Waals surface area contributed by atoms with E-state index >= 15 is 0 Å². The van der Waals surface area contributed by atoms with E-state index in [-0.39, 0.29) is 42.9 Å². The van der Waals surface area contributed by atoms with Crippen LogP contribution in [0.15, 0.2) is 0 Å². The van der Waals surface area contributed by atoms with Crippen LogP contribution in [0, 0.1) is 5.92 Å². The molecule has 0 aliphatic heterocycles. The maximum atomic E-state index is 10.3. The van der Waals surface area contributed by atoms with Crippen LogP contribution in [0.1, 0.15) is 15.3 Å². The average Bonchev–Trinajstić information content (AvgIpc) is 1.65. The average molecular weight is 126 g/mol. The van der Waals surface area contributed by atoms with Gasteiger partial charge in [-0.05, 0) is 0 Å². The molecule has 0 aromatic carbocycles. The van der Waals surface area contributed by atoms with Crippen LogP contribution in [-0.2, 0) is 9.53 Å². The summed E-state index contributed by atoms with van der Waals surface area (Å²) in [6, 6.07) is 0. The van der Waals surface area contributed by atoms with Gasteiger partial charge in [0.2, 0.25) is 0 Å². The van der Waals surface area contributed by atoms with Crippen LogP contribution in [0.4, 0.5) is 0 Å². The van der Waals surface area contributed by atoms with E-state index < -0.39 is 0 Å². The largest absolute Gasteiger partial charge is 1.00 e. The molecule has 0 fully saturated rings. The Morgan fingerprint density at radius 1 is 1.62 bits per heavy atom. The number of ether oxygens (including phenoxy) is 1. The molecular formula is C5H11NaO2. The second-order valence-corrected chi connectivity index (χ2v) is 1.68. The maximum Gasteiger partial charge on any atom is 1.00 e. The Labute approximate surface area is 73.4 Å². The summed E-state index contributed by atoms with van der Waals surface area (Å²) >= 11 is 0. The van der Waals surface area contributed by atoms with Gasteiger partial charge in [0.05, 0.1) is 13.0 Å². The summed E-state index contributed by atoms with van der Waals surface area (Å²) in [5, 5.41) is 0. The van der Waals surface area contributed by atoms with E-state index in [0.29, 0.717) is 0 Å². The third-order valence-electron chi connectivity index (χ3n) is 0.673. The van der Waals surface area contributed by atoms with E-state index in [0.717, 1.165) is 0 Å². The van der Waals surface area contributed by atoms with Crippen molar-refractivity contribution in [1.82, 2.24) is 0 Å². The second kappa shape index (κ2) is 5.60. The van der Waals surface area contributed by atoms with Crippen LogP contribution in [0.2, 0.25) is 0 Å². The van der Waals surface area contributed by atoms with Crippen LogP contribution in [0.25, 0.3) is 0 Å². The zero-order chi connectivity index (χ0) is 5.86. The van der Waals surface area contributed by atoms with Crippen molar-refractivity contribution in [3.63, 3.8) is 0 Å². The van der Waals surface area contributed by atoms with Gasteiger partial charge >= 0.3 is 35.5 Å². The number of carbonyl (C=O) groups is 1. The monoisotopic (exact) mass is 126 g/mol. The van der Waals surface area contributed by atoms with Crippen molar-refractivity contribution < 1.29 is 40.5 Å². The van der Waals surface area contributed by atoms with Gasteiger partial charge in [0.15, 0.2) is 0 Å². The van der Waals surface area contributed by atoms with Gasteiger partial charge in [-0.3, -0.25) is 4.79 Å². The summed E-state index contributed by atoms with van der Waals surface area (Å²) in [6.45, 7) is 3.59. The van der Waals surface area contributed by atoms with Crippen LogP contribution in [-0.4, -0.2) is 13.1 Å². The number of methoxy groups -OCH3 is 1. The Hall–Kier alpha value is 0.470. The molecule has 0 heterocycles. The molecule has 0 aromatic rings. The maximum absolute atomic E-state index is 10.3. The molecule has 0 saturated carbocycles. The predicted octanol–water partition coefficient (Wildman–Crippen LogP) is -2.07. The normalized spacial score (nSPS) is 8.00. The zero-order valence-corrected chi connectivity index (χ0v) is 7.89. The molecule has 0 radical (unpaired) electrons.